The summed E-state index contributed by atoms with van der Waals surface area (Å²) < 4.78 is 28.2. The normalized spacial score (nSPS) is 21.6. The van der Waals surface area contributed by atoms with Gasteiger partial charge in [-0.25, -0.2) is 8.78 Å². The van der Waals surface area contributed by atoms with E-state index < -0.39 is 78.6 Å². The summed E-state index contributed by atoms with van der Waals surface area (Å²) in [7, 11) is 0. The fraction of sp³-hybridized carbons (Fsp3) is 0.621. The van der Waals surface area contributed by atoms with Crippen LogP contribution in [0.4, 0.5) is 8.78 Å². The number of aryl methyl sites for hydroxylation is 2. The number of nitrogens with zero attached hydrogens (tertiary/aromatic N) is 9. The van der Waals surface area contributed by atoms with Crippen molar-refractivity contribution in [3.63, 3.8) is 0 Å². The van der Waals surface area contributed by atoms with E-state index in [2.05, 4.69) is 33.0 Å². The number of halogens is 2. The van der Waals surface area contributed by atoms with Gasteiger partial charge in [0.15, 0.2) is 0 Å². The molecule has 6 N–H and O–H groups in total. The lowest BCUT2D eigenvalue weighted by molar-refractivity contribution is -0.140. The molecule has 5 heterocycles. The lowest BCUT2D eigenvalue weighted by Crippen LogP contribution is -2.56. The number of amides is 6. The molecular formula is C58H80F2N12O12. The monoisotopic (exact) mass is 1170 g/mol. The number of carbonyl (C=O) groups is 9. The van der Waals surface area contributed by atoms with Gasteiger partial charge in [-0.05, 0) is 67.7 Å². The predicted octanol–water partition coefficient (Wildman–Crippen LogP) is 0.406. The van der Waals surface area contributed by atoms with Crippen LogP contribution < -0.4 is 16.0 Å². The molecule has 0 aromatic heterocycles. The number of benzene rings is 2. The predicted molar refractivity (Wildman–Crippen MR) is 299 cm³/mol. The van der Waals surface area contributed by atoms with Crippen molar-refractivity contribution in [2.75, 3.05) is 118 Å². The Kier molecular flexibility index (Phi) is 23.4. The first kappa shape index (κ1) is 64.4. The minimum Gasteiger partial charge on any atom is -0.480 e. The Morgan fingerprint density at radius 1 is 0.726 bits per heavy atom. The number of hydrogen-bond donors (Lipinski definition) is 6. The highest BCUT2D eigenvalue weighted by Gasteiger charge is 2.50. The van der Waals surface area contributed by atoms with Crippen molar-refractivity contribution in [2.45, 2.75) is 108 Å². The van der Waals surface area contributed by atoms with E-state index in [1.807, 2.05) is 37.3 Å². The average molecular weight is 1180 g/mol. The molecule has 26 heteroatoms. The van der Waals surface area contributed by atoms with Gasteiger partial charge in [-0.2, -0.15) is 5.26 Å². The van der Waals surface area contributed by atoms with Crippen molar-refractivity contribution in [1.29, 1.82) is 5.26 Å². The maximum absolute atomic E-state index is 14.5. The highest BCUT2D eigenvalue weighted by atomic mass is 19.3. The second-order valence-electron chi connectivity index (χ2n) is 22.9. The zero-order valence-electron chi connectivity index (χ0n) is 47.9. The summed E-state index contributed by atoms with van der Waals surface area (Å²) in [5, 5.41) is 46.9. The number of piperazine rings is 1. The van der Waals surface area contributed by atoms with E-state index in [1.54, 1.807) is 35.5 Å². The third-order valence-electron chi connectivity index (χ3n) is 16.4. The molecule has 4 fully saturated rings. The van der Waals surface area contributed by atoms with E-state index in [-0.39, 0.29) is 122 Å². The summed E-state index contributed by atoms with van der Waals surface area (Å²) in [5.74, 6) is -9.68. The number of alkyl halides is 2. The van der Waals surface area contributed by atoms with Crippen LogP contribution in [0.25, 0.3) is 0 Å². The highest BCUT2D eigenvalue weighted by molar-refractivity contribution is 5.95. The number of unbranched alkanes of at least 4 members (excludes halogenated alkanes) is 1. The summed E-state index contributed by atoms with van der Waals surface area (Å²) >= 11 is 0. The first-order valence-corrected chi connectivity index (χ1v) is 29.0. The van der Waals surface area contributed by atoms with Crippen molar-refractivity contribution in [3.8, 4) is 6.07 Å². The third kappa shape index (κ3) is 19.4. The van der Waals surface area contributed by atoms with Gasteiger partial charge >= 0.3 is 17.9 Å². The number of nitriles is 1. The topological polar surface area (TPSA) is 300 Å². The van der Waals surface area contributed by atoms with Gasteiger partial charge in [0, 0.05) is 130 Å². The molecule has 84 heavy (non-hydrogen) atoms. The molecule has 4 saturated heterocycles. The van der Waals surface area contributed by atoms with E-state index in [9.17, 15) is 72.5 Å². The molecular weight excluding hydrogens is 1090 g/mol. The molecule has 4 atom stereocenters. The first-order valence-electron chi connectivity index (χ1n) is 29.0. The maximum Gasteiger partial charge on any atom is 0.317 e. The van der Waals surface area contributed by atoms with Gasteiger partial charge in [-0.15, -0.1) is 0 Å². The van der Waals surface area contributed by atoms with E-state index in [0.29, 0.717) is 71.5 Å². The van der Waals surface area contributed by atoms with Crippen LogP contribution in [-0.2, 0) is 69.2 Å². The number of nitrogens with one attached hydrogen (secondary N) is 3. The van der Waals surface area contributed by atoms with Crippen LogP contribution in [0.15, 0.2) is 42.5 Å². The van der Waals surface area contributed by atoms with Gasteiger partial charge in [0.25, 0.3) is 5.92 Å². The van der Waals surface area contributed by atoms with Crippen molar-refractivity contribution in [1.82, 2.24) is 55.1 Å². The number of carbonyl (C=O) groups excluding carboxylic acids is 6. The van der Waals surface area contributed by atoms with Crippen LogP contribution in [0.5, 0.6) is 0 Å². The quantitative estimate of drug-likeness (QED) is 0.0776. The largest absolute Gasteiger partial charge is 0.480 e. The Bertz CT molecular complexity index is 2690. The molecule has 458 valence electrons. The van der Waals surface area contributed by atoms with Gasteiger partial charge in [0.05, 0.1) is 38.8 Å². The highest BCUT2D eigenvalue weighted by Crippen LogP contribution is 2.34. The molecule has 0 saturated carbocycles. The summed E-state index contributed by atoms with van der Waals surface area (Å²) in [6.45, 7) is 4.87. The minimum atomic E-state index is -3.21. The van der Waals surface area contributed by atoms with Crippen LogP contribution in [0.2, 0.25) is 0 Å². The number of carboxylic acid groups (broad SMARTS) is 3. The van der Waals surface area contributed by atoms with E-state index >= 15 is 0 Å². The lowest BCUT2D eigenvalue weighted by Gasteiger charge is -2.37. The van der Waals surface area contributed by atoms with Gasteiger partial charge in [-0.1, -0.05) is 48.0 Å². The second kappa shape index (κ2) is 30.6. The van der Waals surface area contributed by atoms with Crippen molar-refractivity contribution >= 4 is 53.4 Å². The Morgan fingerprint density at radius 3 is 1.89 bits per heavy atom. The third-order valence-corrected chi connectivity index (χ3v) is 16.4. The fourth-order valence-electron chi connectivity index (χ4n) is 11.7. The van der Waals surface area contributed by atoms with Crippen molar-refractivity contribution < 1.29 is 67.3 Å². The Balaban J connectivity index is 0.944. The molecule has 6 amide bonds. The summed E-state index contributed by atoms with van der Waals surface area (Å²) in [6.07, 6.45) is 2.12. The van der Waals surface area contributed by atoms with Crippen LogP contribution in [0.3, 0.4) is 0 Å². The number of carboxylic acids is 3. The number of aliphatic carboxylic acids is 3. The average Bonchev–Trinajstić information content (AvgIpc) is 4.15. The number of likely N-dealkylation sites (tertiary alicyclic amines) is 1. The van der Waals surface area contributed by atoms with Crippen LogP contribution in [0.1, 0.15) is 79.2 Å². The molecule has 5 aliphatic rings. The molecule has 0 spiro atoms. The van der Waals surface area contributed by atoms with E-state index in [0.717, 1.165) is 39.1 Å². The molecule has 2 aromatic rings. The molecule has 0 unspecified atom stereocenters. The number of rotatable bonds is 24. The fourth-order valence-corrected chi connectivity index (χ4v) is 11.7. The lowest BCUT2D eigenvalue weighted by atomic mass is 9.99. The van der Waals surface area contributed by atoms with E-state index in [4.69, 9.17) is 0 Å². The molecule has 0 radical (unpaired) electrons. The molecule has 24 nitrogen and oxygen atoms in total. The van der Waals surface area contributed by atoms with Gasteiger partial charge in [0.1, 0.15) is 18.1 Å². The standard InChI is InChI=1S/C58H80F2N12O12/c1-40-11-13-41(14-12-40)6-4-10-49(73)62-15-3-2-9-47(63-50(74)35-66-16-18-67(36-52(76)77)20-22-69(38-54(80)81)23-21-68(19-17-66)37-53(78)79)56(83)70-26-24-65(25-27-70)32-42-7-5-8-43-33-71(34-46(42)43)51(75)29-44-28-48(64-55(44)82)57(84)72-39-58(59,60)30-45(72)31-61/h5,7-8,11-14,44-45,47-48H,2-4,6,9-10,15-30,32-39H2,1H3,(H,62,73)(H,63,74)(H,64,82)(H,76,77)(H,78,79)(H,80,81)/t44-,45-,47-,48-/m0/s1. The zero-order valence-corrected chi connectivity index (χ0v) is 47.9. The Hall–Kier alpha value is -7.18. The Morgan fingerprint density at radius 2 is 1.31 bits per heavy atom. The van der Waals surface area contributed by atoms with Crippen LogP contribution >= 0.6 is 0 Å². The molecule has 0 aliphatic carbocycles. The molecule has 5 aliphatic heterocycles. The SMILES string of the molecule is Cc1ccc(CCCC(=O)NCCCC[C@H](NC(=O)CN2CCN(CC(=O)O)CCN(CC(=O)O)CCN(CC(=O)O)CC2)C(=O)N2CCN(Cc3cccc4c3CN(C(=O)C[C@@H]3C[C@@H](C(=O)N5CC(F)(F)C[C@H]5C#N)NC3=O)C4)CC2)cc1. The summed E-state index contributed by atoms with van der Waals surface area (Å²) in [6, 6.07) is 12.4. The van der Waals surface area contributed by atoms with Gasteiger partial charge in [0.2, 0.25) is 35.4 Å². The van der Waals surface area contributed by atoms with E-state index in [1.165, 1.54) is 0 Å². The Labute approximate surface area is 488 Å². The van der Waals surface area contributed by atoms with Gasteiger partial charge < -0.3 is 46.0 Å². The van der Waals surface area contributed by atoms with Crippen LogP contribution in [0, 0.1) is 24.2 Å². The van der Waals surface area contributed by atoms with Crippen LogP contribution in [-0.4, -0.2) is 250 Å². The summed E-state index contributed by atoms with van der Waals surface area (Å²) in [4.78, 5) is 130. The van der Waals surface area contributed by atoms with Crippen molar-refractivity contribution in [3.05, 3.63) is 70.3 Å². The smallest absolute Gasteiger partial charge is 0.317 e. The minimum absolute atomic E-state index is 0.0568. The maximum atomic E-state index is 14.5. The second-order valence-corrected chi connectivity index (χ2v) is 22.9. The molecule has 2 aromatic carbocycles. The number of hydrogen-bond acceptors (Lipinski definition) is 15. The zero-order chi connectivity index (χ0) is 60.5. The first-order chi connectivity index (χ1) is 40.1. The molecule has 0 bridgehead atoms. The number of fused-ring (bicyclic) bond motifs is 1. The summed E-state index contributed by atoms with van der Waals surface area (Å²) in [5.41, 5.74) is 5.22. The molecule has 7 rings (SSSR count). The van der Waals surface area contributed by atoms with Gasteiger partial charge in [-0.3, -0.25) is 67.7 Å². The van der Waals surface area contributed by atoms with Crippen molar-refractivity contribution in [2.24, 2.45) is 5.92 Å².